The molecule has 0 saturated carbocycles. The van der Waals surface area contributed by atoms with Crippen LogP contribution in [0.1, 0.15) is 44.2 Å². The lowest BCUT2D eigenvalue weighted by atomic mass is 9.99. The molecule has 4 heteroatoms. The maximum atomic E-state index is 4.47. The SMILES string of the molecule is CCN1CCC(N2CCC[C@H]2c2ccnc(N(C)C)c2)CC1. The van der Waals surface area contributed by atoms with Crippen LogP contribution in [0.2, 0.25) is 0 Å². The molecule has 4 nitrogen and oxygen atoms in total. The van der Waals surface area contributed by atoms with Gasteiger partial charge in [-0.2, -0.15) is 0 Å². The first-order valence-corrected chi connectivity index (χ1v) is 8.80. The van der Waals surface area contributed by atoms with Gasteiger partial charge in [-0.25, -0.2) is 4.98 Å². The van der Waals surface area contributed by atoms with Gasteiger partial charge in [0.25, 0.3) is 0 Å². The monoisotopic (exact) mass is 302 g/mol. The molecule has 0 aliphatic carbocycles. The molecule has 0 aromatic carbocycles. The molecule has 1 atom stereocenters. The summed E-state index contributed by atoms with van der Waals surface area (Å²) in [6.07, 6.45) is 7.26. The zero-order valence-corrected chi connectivity index (χ0v) is 14.3. The third-order valence-corrected chi connectivity index (χ3v) is 5.38. The minimum absolute atomic E-state index is 0.597. The minimum atomic E-state index is 0.597. The Morgan fingerprint density at radius 3 is 2.64 bits per heavy atom. The van der Waals surface area contributed by atoms with Gasteiger partial charge in [0.15, 0.2) is 0 Å². The highest BCUT2D eigenvalue weighted by atomic mass is 15.2. The molecule has 0 unspecified atom stereocenters. The quantitative estimate of drug-likeness (QED) is 0.853. The maximum Gasteiger partial charge on any atom is 0.128 e. The summed E-state index contributed by atoms with van der Waals surface area (Å²) in [5.74, 6) is 1.07. The largest absolute Gasteiger partial charge is 0.363 e. The molecule has 1 aromatic rings. The van der Waals surface area contributed by atoms with Crippen LogP contribution in [0.4, 0.5) is 5.82 Å². The van der Waals surface area contributed by atoms with Crippen molar-refractivity contribution in [2.45, 2.75) is 44.7 Å². The van der Waals surface area contributed by atoms with Gasteiger partial charge in [-0.3, -0.25) is 4.90 Å². The van der Waals surface area contributed by atoms with Crippen LogP contribution in [0.15, 0.2) is 18.3 Å². The second-order valence-electron chi connectivity index (χ2n) is 6.90. The highest BCUT2D eigenvalue weighted by molar-refractivity contribution is 5.40. The van der Waals surface area contributed by atoms with Crippen LogP contribution >= 0.6 is 0 Å². The Kier molecular flexibility index (Phi) is 4.99. The lowest BCUT2D eigenvalue weighted by Gasteiger charge is -2.39. The van der Waals surface area contributed by atoms with E-state index < -0.39 is 0 Å². The van der Waals surface area contributed by atoms with Crippen LogP contribution in [0.25, 0.3) is 0 Å². The van der Waals surface area contributed by atoms with E-state index in [2.05, 4.69) is 52.8 Å². The van der Waals surface area contributed by atoms with Crippen molar-refractivity contribution in [3.63, 3.8) is 0 Å². The number of likely N-dealkylation sites (tertiary alicyclic amines) is 2. The van der Waals surface area contributed by atoms with Crippen LogP contribution < -0.4 is 4.90 Å². The first kappa shape index (κ1) is 15.8. The van der Waals surface area contributed by atoms with E-state index in [1.807, 2.05) is 6.20 Å². The van der Waals surface area contributed by atoms with Crippen molar-refractivity contribution in [1.29, 1.82) is 0 Å². The predicted molar refractivity (Wildman–Crippen MR) is 92.4 cm³/mol. The molecule has 2 aliphatic rings. The fraction of sp³-hybridized carbons (Fsp3) is 0.722. The molecule has 0 N–H and O–H groups in total. The number of hydrogen-bond donors (Lipinski definition) is 0. The number of nitrogens with zero attached hydrogens (tertiary/aromatic N) is 4. The minimum Gasteiger partial charge on any atom is -0.363 e. The molecule has 3 rings (SSSR count). The zero-order valence-electron chi connectivity index (χ0n) is 14.3. The van der Waals surface area contributed by atoms with E-state index in [1.165, 1.54) is 57.4 Å². The average molecular weight is 302 g/mol. The van der Waals surface area contributed by atoms with E-state index in [-0.39, 0.29) is 0 Å². The average Bonchev–Trinajstić information content (AvgIpc) is 3.04. The number of aromatic nitrogens is 1. The van der Waals surface area contributed by atoms with Crippen molar-refractivity contribution >= 4 is 5.82 Å². The summed E-state index contributed by atoms with van der Waals surface area (Å²) < 4.78 is 0. The standard InChI is InChI=1S/C18H30N4/c1-4-21-12-8-16(9-13-21)22-11-5-6-17(22)15-7-10-19-18(14-15)20(2)3/h7,10,14,16-17H,4-6,8-9,11-13H2,1-3H3/t17-/m0/s1. The molecule has 3 heterocycles. The molecular weight excluding hydrogens is 272 g/mol. The fourth-order valence-electron chi connectivity index (χ4n) is 4.04. The number of piperidine rings is 1. The Morgan fingerprint density at radius 1 is 1.18 bits per heavy atom. The molecule has 2 aliphatic heterocycles. The molecule has 2 fully saturated rings. The van der Waals surface area contributed by atoms with E-state index in [4.69, 9.17) is 0 Å². The number of pyridine rings is 1. The predicted octanol–water partition coefficient (Wildman–Crippen LogP) is 2.77. The van der Waals surface area contributed by atoms with Gasteiger partial charge < -0.3 is 9.80 Å². The molecule has 122 valence electrons. The lowest BCUT2D eigenvalue weighted by Crippen LogP contribution is -2.44. The Bertz CT molecular complexity index is 480. The van der Waals surface area contributed by atoms with Gasteiger partial charge >= 0.3 is 0 Å². The highest BCUT2D eigenvalue weighted by Gasteiger charge is 2.33. The van der Waals surface area contributed by atoms with Crippen molar-refractivity contribution in [3.8, 4) is 0 Å². The van der Waals surface area contributed by atoms with E-state index in [9.17, 15) is 0 Å². The van der Waals surface area contributed by atoms with Gasteiger partial charge in [0.05, 0.1) is 0 Å². The molecule has 0 radical (unpaired) electrons. The summed E-state index contributed by atoms with van der Waals surface area (Å²) in [6, 6.07) is 5.87. The summed E-state index contributed by atoms with van der Waals surface area (Å²) in [7, 11) is 4.14. The van der Waals surface area contributed by atoms with Crippen LogP contribution in [0.5, 0.6) is 0 Å². The first-order chi connectivity index (χ1) is 10.7. The zero-order chi connectivity index (χ0) is 15.5. The number of hydrogen-bond acceptors (Lipinski definition) is 4. The van der Waals surface area contributed by atoms with Gasteiger partial charge in [0.1, 0.15) is 5.82 Å². The smallest absolute Gasteiger partial charge is 0.128 e. The van der Waals surface area contributed by atoms with Crippen LogP contribution in [-0.2, 0) is 0 Å². The van der Waals surface area contributed by atoms with Crippen molar-refractivity contribution in [1.82, 2.24) is 14.8 Å². The third-order valence-electron chi connectivity index (χ3n) is 5.38. The highest BCUT2D eigenvalue weighted by Crippen LogP contribution is 2.36. The summed E-state index contributed by atoms with van der Waals surface area (Å²) in [5.41, 5.74) is 1.45. The van der Waals surface area contributed by atoms with Crippen molar-refractivity contribution < 1.29 is 0 Å². The fourth-order valence-corrected chi connectivity index (χ4v) is 4.04. The molecule has 22 heavy (non-hydrogen) atoms. The first-order valence-electron chi connectivity index (χ1n) is 8.80. The molecule has 0 bridgehead atoms. The summed E-state index contributed by atoms with van der Waals surface area (Å²) in [4.78, 5) is 11.9. The molecule has 0 amide bonds. The van der Waals surface area contributed by atoms with E-state index in [1.54, 1.807) is 0 Å². The third kappa shape index (κ3) is 3.28. The number of rotatable bonds is 4. The second-order valence-corrected chi connectivity index (χ2v) is 6.90. The molecule has 0 spiro atoms. The lowest BCUT2D eigenvalue weighted by molar-refractivity contribution is 0.101. The number of anilines is 1. The molecule has 1 aromatic heterocycles. The Morgan fingerprint density at radius 2 is 1.95 bits per heavy atom. The Labute approximate surface area is 135 Å². The van der Waals surface area contributed by atoms with Crippen LogP contribution in [0, 0.1) is 0 Å². The van der Waals surface area contributed by atoms with E-state index >= 15 is 0 Å². The molecule has 2 saturated heterocycles. The van der Waals surface area contributed by atoms with Gasteiger partial charge in [-0.15, -0.1) is 0 Å². The van der Waals surface area contributed by atoms with Gasteiger partial charge in [-0.1, -0.05) is 6.92 Å². The molecular formula is C18H30N4. The van der Waals surface area contributed by atoms with Gasteiger partial charge in [0.2, 0.25) is 0 Å². The van der Waals surface area contributed by atoms with Crippen molar-refractivity contribution in [2.75, 3.05) is 45.2 Å². The van der Waals surface area contributed by atoms with E-state index in [0.29, 0.717) is 6.04 Å². The van der Waals surface area contributed by atoms with Crippen LogP contribution in [-0.4, -0.2) is 61.1 Å². The van der Waals surface area contributed by atoms with Crippen LogP contribution in [0.3, 0.4) is 0 Å². The Hall–Kier alpha value is -1.13. The van der Waals surface area contributed by atoms with Crippen molar-refractivity contribution in [3.05, 3.63) is 23.9 Å². The summed E-state index contributed by atoms with van der Waals surface area (Å²) >= 11 is 0. The maximum absolute atomic E-state index is 4.47. The Balaban J connectivity index is 1.72. The summed E-state index contributed by atoms with van der Waals surface area (Å²) in [5, 5.41) is 0. The second kappa shape index (κ2) is 6.97. The normalized spacial score (nSPS) is 24.8. The van der Waals surface area contributed by atoms with Gasteiger partial charge in [-0.05, 0) is 69.6 Å². The summed E-state index contributed by atoms with van der Waals surface area (Å²) in [6.45, 7) is 7.28. The van der Waals surface area contributed by atoms with Gasteiger partial charge in [0, 0.05) is 32.4 Å². The topological polar surface area (TPSA) is 22.6 Å². The van der Waals surface area contributed by atoms with E-state index in [0.717, 1.165) is 11.9 Å². The van der Waals surface area contributed by atoms with Crippen molar-refractivity contribution in [2.24, 2.45) is 0 Å².